The van der Waals surface area contributed by atoms with Crippen LogP contribution in [0, 0.1) is 0 Å². The van der Waals surface area contributed by atoms with E-state index in [0.29, 0.717) is 16.8 Å². The van der Waals surface area contributed by atoms with Crippen LogP contribution in [0.15, 0.2) is 212 Å². The fourth-order valence-electron chi connectivity index (χ4n) is 9.35. The Balaban J connectivity index is 1.24. The van der Waals surface area contributed by atoms with E-state index in [0.717, 1.165) is 52.1 Å². The van der Waals surface area contributed by atoms with Gasteiger partial charge in [0.1, 0.15) is 5.82 Å². The Morgan fingerprint density at radius 2 is 0.922 bits per heavy atom. The number of hydrogen-bond acceptors (Lipinski definition) is 3. The second-order valence-corrected chi connectivity index (χ2v) is 16.4. The molecular weight excluding hydrogens is 799 g/mol. The fourth-order valence-corrected chi connectivity index (χ4v) is 10.4. The molecule has 0 amide bonds. The summed E-state index contributed by atoms with van der Waals surface area (Å²) in [6.45, 7) is 0. The van der Waals surface area contributed by atoms with E-state index in [1.165, 1.54) is 10.6 Å². The third-order valence-corrected chi connectivity index (χ3v) is 13.2. The number of nitrogens with zero attached hydrogens (tertiary/aromatic N) is 5. The molecule has 5 heterocycles. The Morgan fingerprint density at radius 1 is 0.391 bits per heavy atom. The smallest absolute Gasteiger partial charge is 0.237 e. The van der Waals surface area contributed by atoms with Gasteiger partial charge in [-0.2, -0.15) is 4.98 Å². The molecule has 0 saturated carbocycles. The molecule has 0 saturated heterocycles. The summed E-state index contributed by atoms with van der Waals surface area (Å²) in [6.07, 6.45) is 0. The van der Waals surface area contributed by atoms with E-state index in [9.17, 15) is 11.0 Å². The molecule has 0 atom stereocenters. The van der Waals surface area contributed by atoms with Gasteiger partial charge in [-0.05, 0) is 71.7 Å². The quantitative estimate of drug-likeness (QED) is 0.173. The van der Waals surface area contributed by atoms with Gasteiger partial charge in [-0.15, -0.1) is 11.3 Å². The van der Waals surface area contributed by atoms with Crippen molar-refractivity contribution in [1.29, 1.82) is 0 Å². The average Bonchev–Trinajstić information content (AvgIpc) is 3.65. The summed E-state index contributed by atoms with van der Waals surface area (Å²) in [5, 5.41) is 2.88. The van der Waals surface area contributed by atoms with Gasteiger partial charge >= 0.3 is 0 Å². The summed E-state index contributed by atoms with van der Waals surface area (Å²) in [6, 6.07) is 27.0. The maximum Gasteiger partial charge on any atom is 0.237 e. The van der Waals surface area contributed by atoms with Gasteiger partial charge in [0, 0.05) is 64.1 Å². The highest BCUT2D eigenvalue weighted by Crippen LogP contribution is 2.44. The van der Waals surface area contributed by atoms with Crippen LogP contribution in [-0.4, -0.2) is 23.7 Å². The van der Waals surface area contributed by atoms with Crippen molar-refractivity contribution in [3.63, 3.8) is 0 Å². The van der Waals surface area contributed by atoms with Crippen molar-refractivity contribution in [2.45, 2.75) is 0 Å². The number of fused-ring (bicyclic) bond motifs is 12. The van der Waals surface area contributed by atoms with E-state index in [-0.39, 0.29) is 55.1 Å². The van der Waals surface area contributed by atoms with E-state index >= 15 is 0 Å². The minimum absolute atomic E-state index is 0.0843. The highest BCUT2D eigenvalue weighted by Gasteiger charge is 2.24. The van der Waals surface area contributed by atoms with Crippen LogP contribution in [-0.2, 0) is 0 Å². The van der Waals surface area contributed by atoms with E-state index in [1.54, 1.807) is 11.3 Å². The molecule has 9 aromatic carbocycles. The molecule has 14 aromatic rings. The fraction of sp³-hybridized carbons (Fsp3) is 0. The number of rotatable bonds is 5. The average molecular weight is 850 g/mol. The van der Waals surface area contributed by atoms with Gasteiger partial charge in [0.2, 0.25) is 5.95 Å². The van der Waals surface area contributed by atoms with Crippen LogP contribution < -0.4 is 0 Å². The van der Waals surface area contributed by atoms with Gasteiger partial charge in [-0.3, -0.25) is 9.13 Å². The molecule has 0 aliphatic carbocycles. The lowest BCUT2D eigenvalue weighted by atomic mass is 9.94. The van der Waals surface area contributed by atoms with Crippen LogP contribution in [0.4, 0.5) is 0 Å². The zero-order valence-electron chi connectivity index (χ0n) is 49.1. The maximum atomic E-state index is 9.51. The molecule has 0 N–H and O–H groups in total. The molecule has 0 radical (unpaired) electrons. The number of thiophene rings is 1. The van der Waals surface area contributed by atoms with Gasteiger partial charge in [0.25, 0.3) is 0 Å². The third-order valence-electron chi connectivity index (χ3n) is 12.0. The monoisotopic (exact) mass is 849 g/mol. The topological polar surface area (TPSA) is 40.6 Å². The Labute approximate surface area is 393 Å². The molecule has 0 spiro atoms. The lowest BCUT2D eigenvalue weighted by Crippen LogP contribution is -2.09. The predicted octanol–water partition coefficient (Wildman–Crippen LogP) is 15.5. The van der Waals surface area contributed by atoms with Crippen LogP contribution in [0.1, 0.15) is 21.9 Å². The number of benzene rings is 9. The first-order chi connectivity index (χ1) is 38.4. The van der Waals surface area contributed by atoms with Gasteiger partial charge in [-0.25, -0.2) is 4.98 Å². The Hall–Kier alpha value is -8.32. The van der Waals surface area contributed by atoms with Crippen molar-refractivity contribution in [2.24, 2.45) is 0 Å². The third kappa shape index (κ3) is 5.05. The summed E-state index contributed by atoms with van der Waals surface area (Å²) in [7, 11) is 0. The molecule has 0 unspecified atom stereocenters. The Kier molecular flexibility index (Phi) is 4.93. The van der Waals surface area contributed by atoms with Crippen LogP contribution in [0.2, 0.25) is 0 Å². The van der Waals surface area contributed by atoms with Crippen LogP contribution in [0.25, 0.3) is 125 Å². The first-order valence-corrected chi connectivity index (χ1v) is 21.2. The van der Waals surface area contributed by atoms with Crippen molar-refractivity contribution >= 4 is 96.9 Å². The van der Waals surface area contributed by atoms with E-state index < -0.39 is 103 Å². The summed E-state index contributed by atoms with van der Waals surface area (Å²) in [4.78, 5) is 10.4. The van der Waals surface area contributed by atoms with Gasteiger partial charge in [-0.1, -0.05) is 145 Å². The Morgan fingerprint density at radius 3 is 1.55 bits per heavy atom. The van der Waals surface area contributed by atoms with Crippen LogP contribution in [0.3, 0.4) is 0 Å². The van der Waals surface area contributed by atoms with Crippen molar-refractivity contribution in [3.8, 4) is 39.8 Å². The summed E-state index contributed by atoms with van der Waals surface area (Å²) in [5.74, 6) is -0.662. The summed E-state index contributed by atoms with van der Waals surface area (Å²) >= 11 is 1.64. The van der Waals surface area contributed by atoms with E-state index in [2.05, 4.69) is 22.8 Å². The lowest BCUT2D eigenvalue weighted by molar-refractivity contribution is 0.951. The molecule has 0 aliphatic heterocycles. The minimum atomic E-state index is -0.692. The van der Waals surface area contributed by atoms with Crippen molar-refractivity contribution < 1.29 is 21.9 Å². The summed E-state index contributed by atoms with van der Waals surface area (Å²) < 4.78 is 153. The molecule has 14 rings (SSSR count). The van der Waals surface area contributed by atoms with Gasteiger partial charge in [0.05, 0.1) is 66.4 Å². The van der Waals surface area contributed by atoms with Crippen molar-refractivity contribution in [3.05, 3.63) is 212 Å². The minimum Gasteiger partial charge on any atom is -0.309 e. The standard InChI is InChI=1S/C58H35N5S/c1-8-24-47-38(16-1)39-17-2-9-25-48(39)61(47)53-30-15-23-37(36-32-33-55-45(34-36)44-22-7-14-31-54(44)64-55)57(53)46-35-56(62-49-26-10-3-18-40(49)41-19-4-11-27-50(41)62)60-58(59-46)63-51-28-12-5-20-42(51)43-21-6-13-29-52(43)63/h1-35H/i3D,4D,5D,6D,10D,11D,12D,13D,18D,19D,20D,21D,26D,27D,28D,29D. The molecule has 5 nitrogen and oxygen atoms in total. The number of aromatic nitrogens is 5. The molecule has 0 bridgehead atoms. The molecule has 64 heavy (non-hydrogen) atoms. The molecular formula is C58H35N5S. The van der Waals surface area contributed by atoms with Crippen LogP contribution in [0.5, 0.6) is 0 Å². The number of hydrogen-bond donors (Lipinski definition) is 0. The molecule has 298 valence electrons. The zero-order valence-corrected chi connectivity index (χ0v) is 33.9. The SMILES string of the molecule is [2H]c1c([2H])c([2H])c2c(c1[2H])c1c([2H])c([2H])c([2H])c([2H])c1n2-c1cc(-c2c(-c3ccc4sc5ccccc5c4c3)cccc2-n2c3ccccc3c3ccccc32)nc(-n2c3c([2H])c([2H])c([2H])c([2H])c3c3c([2H])c([2H])c([2H])c([2H])c32)n1. The van der Waals surface area contributed by atoms with Gasteiger partial charge in [0.15, 0.2) is 0 Å². The Bertz CT molecular complexity index is 4790. The van der Waals surface area contributed by atoms with E-state index in [1.807, 2.05) is 91.0 Å². The predicted molar refractivity (Wildman–Crippen MR) is 269 cm³/mol. The number of para-hydroxylation sites is 6. The van der Waals surface area contributed by atoms with E-state index in [4.69, 9.17) is 20.9 Å². The first kappa shape index (κ1) is 23.2. The van der Waals surface area contributed by atoms with Crippen molar-refractivity contribution in [1.82, 2.24) is 23.7 Å². The zero-order chi connectivity index (χ0) is 55.8. The second-order valence-electron chi connectivity index (χ2n) is 15.4. The summed E-state index contributed by atoms with van der Waals surface area (Å²) in [5.41, 5.74) is 2.91. The second kappa shape index (κ2) is 13.6. The normalized spacial score (nSPS) is 15.6. The first-order valence-electron chi connectivity index (χ1n) is 28.4. The molecule has 0 fully saturated rings. The largest absolute Gasteiger partial charge is 0.309 e. The van der Waals surface area contributed by atoms with Crippen LogP contribution >= 0.6 is 11.3 Å². The molecule has 6 heteroatoms. The lowest BCUT2D eigenvalue weighted by Gasteiger charge is -2.20. The van der Waals surface area contributed by atoms with Crippen molar-refractivity contribution in [2.75, 3.05) is 0 Å². The maximum absolute atomic E-state index is 9.51. The highest BCUT2D eigenvalue weighted by molar-refractivity contribution is 7.25. The highest BCUT2D eigenvalue weighted by atomic mass is 32.1. The molecule has 0 aliphatic rings. The van der Waals surface area contributed by atoms with Gasteiger partial charge < -0.3 is 4.57 Å². The molecule has 5 aromatic heterocycles.